The summed E-state index contributed by atoms with van der Waals surface area (Å²) in [5.41, 5.74) is 4.42. The maximum Gasteiger partial charge on any atom is 0.238 e. The highest BCUT2D eigenvalue weighted by Gasteiger charge is 2.64. The van der Waals surface area contributed by atoms with Crippen molar-refractivity contribution in [2.75, 3.05) is 10.1 Å². The van der Waals surface area contributed by atoms with Crippen LogP contribution in [0.3, 0.4) is 0 Å². The molecule has 4 atom stereocenters. The third kappa shape index (κ3) is 2.81. The number of carbonyl (C=O) groups excluding carboxylic acids is 2. The van der Waals surface area contributed by atoms with Crippen LogP contribution >= 0.6 is 0 Å². The van der Waals surface area contributed by atoms with Crippen LogP contribution in [0.4, 0.5) is 11.4 Å². The molecule has 1 N–H and O–H groups in total. The highest BCUT2D eigenvalue weighted by atomic mass is 16.8. The van der Waals surface area contributed by atoms with Gasteiger partial charge in [-0.1, -0.05) is 72.8 Å². The van der Waals surface area contributed by atoms with Gasteiger partial charge in [0.2, 0.25) is 11.8 Å². The molecule has 33 heavy (non-hydrogen) atoms. The number of anilines is 2. The molecule has 1 aliphatic heterocycles. The number of hydrogen-bond acceptors (Lipinski definition) is 5. The SMILES string of the molecule is O=C1C2C3CC(C(c4ccccc4)=C3c3ccccc3)C2C(=O)N1c1ccccc1N([O-])O. The summed E-state index contributed by atoms with van der Waals surface area (Å²) < 4.78 is 0. The van der Waals surface area contributed by atoms with E-state index in [0.717, 1.165) is 33.6 Å². The molecule has 3 aliphatic rings. The summed E-state index contributed by atoms with van der Waals surface area (Å²) >= 11 is 0. The van der Waals surface area contributed by atoms with E-state index in [1.807, 2.05) is 36.4 Å². The zero-order valence-electron chi connectivity index (χ0n) is 17.7. The molecule has 0 aromatic heterocycles. The fourth-order valence-electron chi connectivity index (χ4n) is 6.15. The molecule has 3 aromatic carbocycles. The van der Waals surface area contributed by atoms with Gasteiger partial charge >= 0.3 is 0 Å². The maximum absolute atomic E-state index is 13.7. The molecular formula is C27H21N2O4-. The molecule has 2 amide bonds. The summed E-state index contributed by atoms with van der Waals surface area (Å²) in [6.07, 6.45) is 0.754. The Balaban J connectivity index is 1.49. The van der Waals surface area contributed by atoms with E-state index >= 15 is 0 Å². The number of allylic oxidation sites excluding steroid dienone is 2. The van der Waals surface area contributed by atoms with Gasteiger partial charge in [0, 0.05) is 0 Å². The molecule has 6 rings (SSSR count). The fourth-order valence-corrected chi connectivity index (χ4v) is 6.15. The number of rotatable bonds is 4. The van der Waals surface area contributed by atoms with Crippen LogP contribution in [-0.4, -0.2) is 17.0 Å². The molecule has 4 unspecified atom stereocenters. The lowest BCUT2D eigenvalue weighted by Crippen LogP contribution is -2.34. The van der Waals surface area contributed by atoms with Crippen molar-refractivity contribution in [3.63, 3.8) is 0 Å². The van der Waals surface area contributed by atoms with Crippen molar-refractivity contribution >= 4 is 34.3 Å². The topological polar surface area (TPSA) is 83.9 Å². The van der Waals surface area contributed by atoms with Crippen LogP contribution in [0.2, 0.25) is 0 Å². The third-order valence-electron chi connectivity index (χ3n) is 7.30. The standard InChI is InChI=1S/C27H21N2O4/c30-26-24-18-15-19(25(24)27(31)28(26)20-13-7-8-14-21(20)29(32)33)23(17-11-5-2-6-12-17)22(18)16-9-3-1-4-10-16/h1-14,18-19,24-25,32H,15H2/q-1. The first-order chi connectivity index (χ1) is 16.1. The van der Waals surface area contributed by atoms with Gasteiger partial charge in [-0.05, 0) is 52.7 Å². The van der Waals surface area contributed by atoms with Crippen molar-refractivity contribution in [2.24, 2.45) is 23.7 Å². The number of amides is 2. The summed E-state index contributed by atoms with van der Waals surface area (Å²) in [4.78, 5) is 28.4. The van der Waals surface area contributed by atoms with Crippen molar-refractivity contribution < 1.29 is 14.8 Å². The van der Waals surface area contributed by atoms with Crippen molar-refractivity contribution in [2.45, 2.75) is 6.42 Å². The van der Waals surface area contributed by atoms with Crippen molar-refractivity contribution in [3.05, 3.63) is 101 Å². The van der Waals surface area contributed by atoms with Gasteiger partial charge in [-0.3, -0.25) is 14.8 Å². The minimum Gasteiger partial charge on any atom is -0.733 e. The third-order valence-corrected chi connectivity index (χ3v) is 7.30. The summed E-state index contributed by atoms with van der Waals surface area (Å²) in [7, 11) is 0. The quantitative estimate of drug-likeness (QED) is 0.471. The van der Waals surface area contributed by atoms with Gasteiger partial charge in [0.15, 0.2) is 0 Å². The molecule has 164 valence electrons. The minimum atomic E-state index is -0.475. The van der Waals surface area contributed by atoms with Crippen LogP contribution in [0.15, 0.2) is 84.9 Å². The number of imide groups is 1. The molecule has 1 saturated carbocycles. The average Bonchev–Trinajstić information content (AvgIpc) is 3.49. The molecule has 0 radical (unpaired) electrons. The second kappa shape index (κ2) is 7.40. The number of benzene rings is 3. The Morgan fingerprint density at radius 2 is 1.18 bits per heavy atom. The zero-order valence-corrected chi connectivity index (χ0v) is 17.7. The summed E-state index contributed by atoms with van der Waals surface area (Å²) in [6, 6.07) is 26.3. The van der Waals surface area contributed by atoms with Crippen LogP contribution in [-0.2, 0) is 9.59 Å². The Morgan fingerprint density at radius 3 is 1.67 bits per heavy atom. The molecule has 3 aromatic rings. The highest BCUT2D eigenvalue weighted by molar-refractivity contribution is 6.25. The molecule has 2 fully saturated rings. The monoisotopic (exact) mass is 437 g/mol. The van der Waals surface area contributed by atoms with Gasteiger partial charge in [-0.2, -0.15) is 0 Å². The predicted molar refractivity (Wildman–Crippen MR) is 125 cm³/mol. The van der Waals surface area contributed by atoms with Gasteiger partial charge in [-0.15, -0.1) is 0 Å². The highest BCUT2D eigenvalue weighted by Crippen LogP contribution is 2.64. The Labute approximate surface area is 190 Å². The molecule has 6 nitrogen and oxygen atoms in total. The van der Waals surface area contributed by atoms with E-state index < -0.39 is 11.8 Å². The van der Waals surface area contributed by atoms with E-state index in [1.54, 1.807) is 12.1 Å². The Kier molecular flexibility index (Phi) is 4.47. The lowest BCUT2D eigenvalue weighted by atomic mass is 9.73. The lowest BCUT2D eigenvalue weighted by molar-refractivity contribution is -0.123. The zero-order chi connectivity index (χ0) is 22.7. The average molecular weight is 437 g/mol. The first-order valence-electron chi connectivity index (χ1n) is 11.1. The Bertz CT molecular complexity index is 1210. The maximum atomic E-state index is 13.7. The Hall–Kier alpha value is -3.74. The molecule has 6 heteroatoms. The second-order valence-electron chi connectivity index (χ2n) is 8.83. The molecule has 1 heterocycles. The smallest absolute Gasteiger partial charge is 0.238 e. The van der Waals surface area contributed by atoms with Crippen LogP contribution in [0.25, 0.3) is 11.1 Å². The van der Waals surface area contributed by atoms with Crippen LogP contribution < -0.4 is 10.1 Å². The fraction of sp³-hybridized carbons (Fsp3) is 0.185. The number of carbonyl (C=O) groups is 2. The molecule has 1 saturated heterocycles. The summed E-state index contributed by atoms with van der Waals surface area (Å²) in [6.45, 7) is 0. The Morgan fingerprint density at radius 1 is 0.727 bits per heavy atom. The van der Waals surface area contributed by atoms with E-state index in [1.165, 1.54) is 12.1 Å². The van der Waals surface area contributed by atoms with Gasteiger partial charge < -0.3 is 10.4 Å². The van der Waals surface area contributed by atoms with Crippen LogP contribution in [0, 0.1) is 28.9 Å². The van der Waals surface area contributed by atoms with E-state index in [0.29, 0.717) is 0 Å². The van der Waals surface area contributed by atoms with Crippen molar-refractivity contribution in [1.82, 2.24) is 0 Å². The summed E-state index contributed by atoms with van der Waals surface area (Å²) in [5, 5.41) is 21.0. The number of fused-ring (bicyclic) bond motifs is 5. The van der Waals surface area contributed by atoms with Gasteiger partial charge in [0.05, 0.1) is 23.2 Å². The van der Waals surface area contributed by atoms with E-state index in [2.05, 4.69) is 24.3 Å². The van der Waals surface area contributed by atoms with Crippen molar-refractivity contribution in [1.29, 1.82) is 0 Å². The number of hydrogen-bond donors (Lipinski definition) is 1. The van der Waals surface area contributed by atoms with E-state index in [4.69, 9.17) is 0 Å². The van der Waals surface area contributed by atoms with E-state index in [9.17, 15) is 20.0 Å². The first kappa shape index (κ1) is 19.9. The van der Waals surface area contributed by atoms with E-state index in [-0.39, 0.29) is 40.3 Å². The normalized spacial score (nSPS) is 25.7. The number of nitrogens with zero attached hydrogens (tertiary/aromatic N) is 2. The van der Waals surface area contributed by atoms with Gasteiger partial charge in [0.25, 0.3) is 0 Å². The molecule has 2 aliphatic carbocycles. The van der Waals surface area contributed by atoms with Gasteiger partial charge in [-0.25, -0.2) is 4.90 Å². The predicted octanol–water partition coefficient (Wildman–Crippen LogP) is 4.75. The molecular weight excluding hydrogens is 416 g/mol. The van der Waals surface area contributed by atoms with Crippen molar-refractivity contribution in [3.8, 4) is 0 Å². The van der Waals surface area contributed by atoms with Crippen LogP contribution in [0.1, 0.15) is 17.5 Å². The molecule has 0 spiro atoms. The van der Waals surface area contributed by atoms with Crippen LogP contribution in [0.5, 0.6) is 0 Å². The lowest BCUT2D eigenvalue weighted by Gasteiger charge is -2.28. The first-order valence-corrected chi connectivity index (χ1v) is 11.1. The minimum absolute atomic E-state index is 0.0799. The summed E-state index contributed by atoms with van der Waals surface area (Å²) in [5.74, 6) is -1.71. The largest absolute Gasteiger partial charge is 0.733 e. The second-order valence-corrected chi connectivity index (χ2v) is 8.83. The molecule has 2 bridgehead atoms. The van der Waals surface area contributed by atoms with Gasteiger partial charge in [0.1, 0.15) is 0 Å². The number of para-hydroxylation sites is 2.